The first-order chi connectivity index (χ1) is 11.0. The Morgan fingerprint density at radius 2 is 2.09 bits per heavy atom. The van der Waals surface area contributed by atoms with Crippen LogP contribution in [0.1, 0.15) is 37.1 Å². The zero-order valence-electron chi connectivity index (χ0n) is 13.4. The van der Waals surface area contributed by atoms with Crippen LogP contribution in [0.15, 0.2) is 34.8 Å². The Labute approximate surface area is 145 Å². The van der Waals surface area contributed by atoms with Crippen molar-refractivity contribution in [1.29, 1.82) is 0 Å². The summed E-state index contributed by atoms with van der Waals surface area (Å²) >= 11 is 3.61. The standard InChI is InChI=1S/C17H21BrN4O/c1-11(2)14-9-16(21-17(19)20-14)22-7-8-23-15(10-22)12-5-3-4-6-13(12)18/h3-6,9,11,15H,7-8,10H2,1-2H3,(H2,19,20,21). The Hall–Kier alpha value is -1.66. The summed E-state index contributed by atoms with van der Waals surface area (Å²) in [4.78, 5) is 11.0. The van der Waals surface area contributed by atoms with Gasteiger partial charge in [0.15, 0.2) is 0 Å². The molecule has 2 heterocycles. The third kappa shape index (κ3) is 3.64. The minimum atomic E-state index is 0.0121. The van der Waals surface area contributed by atoms with Crippen molar-refractivity contribution < 1.29 is 4.74 Å². The maximum Gasteiger partial charge on any atom is 0.222 e. The topological polar surface area (TPSA) is 64.3 Å². The first-order valence-corrected chi connectivity index (χ1v) is 8.59. The van der Waals surface area contributed by atoms with Gasteiger partial charge in [-0.3, -0.25) is 0 Å². The van der Waals surface area contributed by atoms with Crippen LogP contribution < -0.4 is 10.6 Å². The average Bonchev–Trinajstić information content (AvgIpc) is 2.55. The number of hydrogen-bond acceptors (Lipinski definition) is 5. The molecule has 0 spiro atoms. The normalized spacial score (nSPS) is 18.4. The molecule has 0 bridgehead atoms. The Kier molecular flexibility index (Phi) is 4.82. The predicted octanol–water partition coefficient (Wildman–Crippen LogP) is 3.52. The van der Waals surface area contributed by atoms with Gasteiger partial charge in [-0.2, -0.15) is 4.98 Å². The molecule has 2 aromatic rings. The maximum atomic E-state index is 5.96. The van der Waals surface area contributed by atoms with Crippen molar-refractivity contribution in [2.24, 2.45) is 0 Å². The second-order valence-electron chi connectivity index (χ2n) is 5.99. The fourth-order valence-electron chi connectivity index (χ4n) is 2.71. The molecule has 1 fully saturated rings. The van der Waals surface area contributed by atoms with Gasteiger partial charge >= 0.3 is 0 Å². The number of hydrogen-bond donors (Lipinski definition) is 1. The highest BCUT2D eigenvalue weighted by atomic mass is 79.9. The highest BCUT2D eigenvalue weighted by Crippen LogP contribution is 2.30. The van der Waals surface area contributed by atoms with Gasteiger partial charge in [-0.25, -0.2) is 4.98 Å². The number of nitrogens with zero attached hydrogens (tertiary/aromatic N) is 3. The van der Waals surface area contributed by atoms with Crippen LogP contribution in [-0.4, -0.2) is 29.7 Å². The third-order valence-electron chi connectivity index (χ3n) is 3.98. The van der Waals surface area contributed by atoms with E-state index in [0.29, 0.717) is 18.5 Å². The molecule has 1 aromatic heterocycles. The second-order valence-corrected chi connectivity index (χ2v) is 6.85. The van der Waals surface area contributed by atoms with Gasteiger partial charge in [0.2, 0.25) is 5.95 Å². The molecule has 1 unspecified atom stereocenters. The average molecular weight is 377 g/mol. The zero-order chi connectivity index (χ0) is 16.4. The van der Waals surface area contributed by atoms with Gasteiger partial charge in [0.1, 0.15) is 11.9 Å². The Balaban J connectivity index is 1.85. The van der Waals surface area contributed by atoms with Gasteiger partial charge in [-0.05, 0) is 17.5 Å². The molecule has 1 aliphatic rings. The molecular formula is C17H21BrN4O. The molecule has 0 aliphatic carbocycles. The van der Waals surface area contributed by atoms with Gasteiger partial charge in [-0.15, -0.1) is 0 Å². The van der Waals surface area contributed by atoms with E-state index >= 15 is 0 Å². The number of anilines is 2. The van der Waals surface area contributed by atoms with E-state index in [2.05, 4.69) is 50.7 Å². The minimum Gasteiger partial charge on any atom is -0.370 e. The maximum absolute atomic E-state index is 5.96. The Bertz CT molecular complexity index is 692. The Morgan fingerprint density at radius 3 is 2.83 bits per heavy atom. The van der Waals surface area contributed by atoms with Crippen LogP contribution in [-0.2, 0) is 4.74 Å². The summed E-state index contributed by atoms with van der Waals surface area (Å²) < 4.78 is 7.02. The van der Waals surface area contributed by atoms with Crippen molar-refractivity contribution in [3.05, 3.63) is 46.1 Å². The zero-order valence-corrected chi connectivity index (χ0v) is 15.0. The number of morpholine rings is 1. The van der Waals surface area contributed by atoms with Crippen molar-refractivity contribution in [3.8, 4) is 0 Å². The molecule has 1 aliphatic heterocycles. The van der Waals surface area contributed by atoms with E-state index in [1.165, 1.54) is 0 Å². The number of nitrogen functional groups attached to an aromatic ring is 1. The predicted molar refractivity (Wildman–Crippen MR) is 95.6 cm³/mol. The number of ether oxygens (including phenoxy) is 1. The molecule has 2 N–H and O–H groups in total. The summed E-state index contributed by atoms with van der Waals surface area (Å²) in [6, 6.07) is 10.2. The smallest absolute Gasteiger partial charge is 0.222 e. The van der Waals surface area contributed by atoms with Gasteiger partial charge in [0.05, 0.1) is 12.3 Å². The first kappa shape index (κ1) is 16.2. The number of nitrogens with two attached hydrogens (primary N) is 1. The summed E-state index contributed by atoms with van der Waals surface area (Å²) in [6.07, 6.45) is 0.0121. The van der Waals surface area contributed by atoms with E-state index in [9.17, 15) is 0 Å². The van der Waals surface area contributed by atoms with Crippen molar-refractivity contribution in [3.63, 3.8) is 0 Å². The van der Waals surface area contributed by atoms with Crippen LogP contribution in [0.5, 0.6) is 0 Å². The molecule has 23 heavy (non-hydrogen) atoms. The number of rotatable bonds is 3. The second kappa shape index (κ2) is 6.84. The van der Waals surface area contributed by atoms with Crippen molar-refractivity contribution in [2.45, 2.75) is 25.9 Å². The van der Waals surface area contributed by atoms with Gasteiger partial charge < -0.3 is 15.4 Å². The van der Waals surface area contributed by atoms with Crippen LogP contribution in [0.2, 0.25) is 0 Å². The highest BCUT2D eigenvalue weighted by Gasteiger charge is 2.25. The largest absolute Gasteiger partial charge is 0.370 e. The van der Waals surface area contributed by atoms with Gasteiger partial charge in [0, 0.05) is 23.6 Å². The minimum absolute atomic E-state index is 0.0121. The molecule has 0 radical (unpaired) electrons. The Morgan fingerprint density at radius 1 is 1.30 bits per heavy atom. The number of halogens is 1. The van der Waals surface area contributed by atoms with E-state index in [1.54, 1.807) is 0 Å². The highest BCUT2D eigenvalue weighted by molar-refractivity contribution is 9.10. The van der Waals surface area contributed by atoms with Crippen LogP contribution in [0.4, 0.5) is 11.8 Å². The quantitative estimate of drug-likeness (QED) is 0.887. The molecule has 1 saturated heterocycles. The van der Waals surface area contributed by atoms with Crippen LogP contribution in [0.3, 0.4) is 0 Å². The molecule has 0 amide bonds. The lowest BCUT2D eigenvalue weighted by molar-refractivity contribution is 0.0391. The molecule has 1 atom stereocenters. The molecule has 5 nitrogen and oxygen atoms in total. The number of benzene rings is 1. The first-order valence-electron chi connectivity index (χ1n) is 7.80. The third-order valence-corrected chi connectivity index (χ3v) is 4.71. The summed E-state index contributed by atoms with van der Waals surface area (Å²) in [5.41, 5.74) is 8.01. The molecule has 6 heteroatoms. The summed E-state index contributed by atoms with van der Waals surface area (Å²) in [7, 11) is 0. The van der Waals surface area contributed by atoms with Crippen LogP contribution in [0, 0.1) is 0 Å². The fourth-order valence-corrected chi connectivity index (χ4v) is 3.25. The van der Waals surface area contributed by atoms with Crippen molar-refractivity contribution in [2.75, 3.05) is 30.3 Å². The van der Waals surface area contributed by atoms with E-state index in [-0.39, 0.29) is 6.10 Å². The lowest BCUT2D eigenvalue weighted by atomic mass is 10.1. The fraction of sp³-hybridized carbons (Fsp3) is 0.412. The summed E-state index contributed by atoms with van der Waals surface area (Å²) in [5, 5.41) is 0. The van der Waals surface area contributed by atoms with Gasteiger partial charge in [-0.1, -0.05) is 48.0 Å². The lowest BCUT2D eigenvalue weighted by Gasteiger charge is -2.34. The molecule has 3 rings (SSSR count). The van der Waals surface area contributed by atoms with Crippen LogP contribution in [0.25, 0.3) is 0 Å². The summed E-state index contributed by atoms with van der Waals surface area (Å²) in [5.74, 6) is 1.52. The monoisotopic (exact) mass is 376 g/mol. The van der Waals surface area contributed by atoms with Crippen molar-refractivity contribution >= 4 is 27.7 Å². The summed E-state index contributed by atoms with van der Waals surface area (Å²) in [6.45, 7) is 6.42. The van der Waals surface area contributed by atoms with E-state index in [1.807, 2.05) is 24.3 Å². The SMILES string of the molecule is CC(C)c1cc(N2CCOC(c3ccccc3Br)C2)nc(N)n1. The molecule has 1 aromatic carbocycles. The van der Waals surface area contributed by atoms with Crippen molar-refractivity contribution in [1.82, 2.24) is 9.97 Å². The van der Waals surface area contributed by atoms with Crippen LogP contribution >= 0.6 is 15.9 Å². The van der Waals surface area contributed by atoms with Gasteiger partial charge in [0.25, 0.3) is 0 Å². The molecule has 0 saturated carbocycles. The van der Waals surface area contributed by atoms with E-state index in [0.717, 1.165) is 34.6 Å². The van der Waals surface area contributed by atoms with E-state index in [4.69, 9.17) is 10.5 Å². The lowest BCUT2D eigenvalue weighted by Crippen LogP contribution is -2.39. The number of aromatic nitrogens is 2. The molecular weight excluding hydrogens is 356 g/mol. The van der Waals surface area contributed by atoms with E-state index < -0.39 is 0 Å². The molecule has 122 valence electrons.